The number of nitrogen functional groups attached to an aromatic ring is 1. The molecule has 0 saturated heterocycles. The van der Waals surface area contributed by atoms with E-state index in [-0.39, 0.29) is 0 Å². The van der Waals surface area contributed by atoms with E-state index >= 15 is 0 Å². The molecule has 0 aliphatic carbocycles. The van der Waals surface area contributed by atoms with E-state index in [0.717, 1.165) is 22.3 Å². The van der Waals surface area contributed by atoms with E-state index in [1.54, 1.807) is 6.07 Å². The van der Waals surface area contributed by atoms with Crippen LogP contribution in [-0.2, 0) is 0 Å². The molecule has 2 rings (SSSR count). The molecule has 21 heavy (non-hydrogen) atoms. The lowest BCUT2D eigenvalue weighted by atomic mass is 10.2. The van der Waals surface area contributed by atoms with E-state index < -0.39 is 0 Å². The van der Waals surface area contributed by atoms with Crippen molar-refractivity contribution in [2.45, 2.75) is 13.3 Å². The van der Waals surface area contributed by atoms with Crippen LogP contribution in [0.1, 0.15) is 13.3 Å². The van der Waals surface area contributed by atoms with Crippen LogP contribution in [-0.4, -0.2) is 6.61 Å². The second kappa shape index (κ2) is 7.25. The third-order valence-corrected chi connectivity index (χ3v) is 4.56. The number of anilines is 3. The molecular formula is C15H15BrCl2N2O. The molecule has 0 aromatic heterocycles. The maximum Gasteiger partial charge on any atom is 0.144 e. The summed E-state index contributed by atoms with van der Waals surface area (Å²) in [6.45, 7) is 2.67. The highest BCUT2D eigenvalue weighted by atomic mass is 79.9. The van der Waals surface area contributed by atoms with Gasteiger partial charge in [0.2, 0.25) is 0 Å². The molecule has 0 bridgehead atoms. The van der Waals surface area contributed by atoms with E-state index in [1.165, 1.54) is 0 Å². The minimum Gasteiger partial charge on any atom is -0.491 e. The van der Waals surface area contributed by atoms with E-state index in [0.29, 0.717) is 28.1 Å². The Morgan fingerprint density at radius 1 is 1.19 bits per heavy atom. The molecule has 3 nitrogen and oxygen atoms in total. The Labute approximate surface area is 142 Å². The number of nitrogens with two attached hydrogens (primary N) is 1. The highest BCUT2D eigenvalue weighted by Crippen LogP contribution is 2.37. The predicted molar refractivity (Wildman–Crippen MR) is 94.1 cm³/mol. The third kappa shape index (κ3) is 3.96. The molecular weight excluding hydrogens is 375 g/mol. The van der Waals surface area contributed by atoms with Gasteiger partial charge in [-0.3, -0.25) is 0 Å². The fourth-order valence-electron chi connectivity index (χ4n) is 1.73. The molecule has 0 saturated carbocycles. The highest BCUT2D eigenvalue weighted by Gasteiger charge is 2.09. The number of hydrogen-bond acceptors (Lipinski definition) is 3. The summed E-state index contributed by atoms with van der Waals surface area (Å²) in [5.41, 5.74) is 8.04. The molecule has 6 heteroatoms. The summed E-state index contributed by atoms with van der Waals surface area (Å²) < 4.78 is 6.36. The summed E-state index contributed by atoms with van der Waals surface area (Å²) >= 11 is 15.7. The molecule has 0 aliphatic rings. The van der Waals surface area contributed by atoms with E-state index in [9.17, 15) is 0 Å². The van der Waals surface area contributed by atoms with E-state index in [1.807, 2.05) is 31.2 Å². The molecule has 0 atom stereocenters. The molecule has 0 radical (unpaired) electrons. The first-order valence-electron chi connectivity index (χ1n) is 6.45. The molecule has 0 spiro atoms. The summed E-state index contributed by atoms with van der Waals surface area (Å²) in [6, 6.07) is 9.18. The summed E-state index contributed by atoms with van der Waals surface area (Å²) in [5.74, 6) is 0.654. The van der Waals surface area contributed by atoms with Crippen LogP contribution in [0.2, 0.25) is 10.0 Å². The normalized spacial score (nSPS) is 10.5. The smallest absolute Gasteiger partial charge is 0.144 e. The number of hydrogen-bond donors (Lipinski definition) is 2. The van der Waals surface area contributed by atoms with Crippen LogP contribution in [0.15, 0.2) is 34.8 Å². The topological polar surface area (TPSA) is 47.3 Å². The molecule has 0 fully saturated rings. The van der Waals surface area contributed by atoms with Crippen molar-refractivity contribution in [2.24, 2.45) is 0 Å². The molecule has 0 aliphatic heterocycles. The van der Waals surface area contributed by atoms with Gasteiger partial charge in [-0.25, -0.2) is 0 Å². The zero-order chi connectivity index (χ0) is 15.4. The summed E-state index contributed by atoms with van der Waals surface area (Å²) in [4.78, 5) is 0. The number of rotatable bonds is 5. The predicted octanol–water partition coefficient (Wildman–Crippen LogP) is 5.87. The lowest BCUT2D eigenvalue weighted by molar-refractivity contribution is 0.319. The maximum atomic E-state index is 6.22. The monoisotopic (exact) mass is 388 g/mol. The van der Waals surface area contributed by atoms with Crippen LogP contribution in [0.4, 0.5) is 17.1 Å². The zero-order valence-electron chi connectivity index (χ0n) is 11.4. The first-order chi connectivity index (χ1) is 10.0. The zero-order valence-corrected chi connectivity index (χ0v) is 14.5. The minimum absolute atomic E-state index is 0.457. The molecule has 2 aromatic carbocycles. The Balaban J connectivity index is 2.26. The van der Waals surface area contributed by atoms with Gasteiger partial charge in [0.25, 0.3) is 0 Å². The van der Waals surface area contributed by atoms with Gasteiger partial charge in [0.1, 0.15) is 5.75 Å². The molecule has 2 aromatic rings. The molecule has 0 unspecified atom stereocenters. The van der Waals surface area contributed by atoms with Crippen molar-refractivity contribution in [1.29, 1.82) is 0 Å². The fourth-order valence-corrected chi connectivity index (χ4v) is 2.55. The van der Waals surface area contributed by atoms with Gasteiger partial charge >= 0.3 is 0 Å². The van der Waals surface area contributed by atoms with Gasteiger partial charge in [0, 0.05) is 16.2 Å². The van der Waals surface area contributed by atoms with Crippen molar-refractivity contribution < 1.29 is 4.74 Å². The Morgan fingerprint density at radius 2 is 1.95 bits per heavy atom. The van der Waals surface area contributed by atoms with Crippen molar-refractivity contribution in [3.8, 4) is 5.75 Å². The summed E-state index contributed by atoms with van der Waals surface area (Å²) in [5, 5.41) is 4.14. The van der Waals surface area contributed by atoms with Crippen LogP contribution in [0.25, 0.3) is 0 Å². The molecule has 0 amide bonds. The van der Waals surface area contributed by atoms with Crippen LogP contribution in [0.3, 0.4) is 0 Å². The van der Waals surface area contributed by atoms with E-state index in [2.05, 4.69) is 21.2 Å². The number of nitrogens with one attached hydrogen (secondary N) is 1. The Morgan fingerprint density at radius 3 is 2.67 bits per heavy atom. The van der Waals surface area contributed by atoms with Crippen molar-refractivity contribution in [3.63, 3.8) is 0 Å². The SMILES string of the molecule is CCCOc1cc(Nc2ccc(Br)c(Cl)c2Cl)ccc1N. The minimum atomic E-state index is 0.457. The standard InChI is InChI=1S/C15H15BrCl2N2O/c1-2-7-21-13-8-9(3-5-11(13)19)20-12-6-4-10(16)14(17)15(12)18/h3-6,8,20H,2,7,19H2,1H3. The average molecular weight is 390 g/mol. The summed E-state index contributed by atoms with van der Waals surface area (Å²) in [7, 11) is 0. The first kappa shape index (κ1) is 16.3. The number of benzene rings is 2. The maximum absolute atomic E-state index is 6.22. The highest BCUT2D eigenvalue weighted by molar-refractivity contribution is 9.10. The summed E-state index contributed by atoms with van der Waals surface area (Å²) in [6.07, 6.45) is 0.922. The molecule has 3 N–H and O–H groups in total. The molecule has 0 heterocycles. The van der Waals surface area contributed by atoms with Crippen LogP contribution >= 0.6 is 39.1 Å². The van der Waals surface area contributed by atoms with Crippen molar-refractivity contribution in [2.75, 3.05) is 17.7 Å². The van der Waals surface area contributed by atoms with Crippen LogP contribution in [0, 0.1) is 0 Å². The van der Waals surface area contributed by atoms with Gasteiger partial charge in [0.05, 0.1) is 28.0 Å². The first-order valence-corrected chi connectivity index (χ1v) is 8.00. The average Bonchev–Trinajstić information content (AvgIpc) is 2.48. The van der Waals surface area contributed by atoms with Crippen molar-refractivity contribution in [1.82, 2.24) is 0 Å². The lowest BCUT2D eigenvalue weighted by Crippen LogP contribution is -2.00. The molecule has 112 valence electrons. The van der Waals surface area contributed by atoms with Gasteiger partial charge in [-0.1, -0.05) is 30.1 Å². The fraction of sp³-hybridized carbons (Fsp3) is 0.200. The Kier molecular flexibility index (Phi) is 5.62. The van der Waals surface area contributed by atoms with Crippen LogP contribution in [0.5, 0.6) is 5.75 Å². The van der Waals surface area contributed by atoms with Crippen molar-refractivity contribution in [3.05, 3.63) is 44.8 Å². The Hall–Kier alpha value is -1.10. The second-order valence-corrected chi connectivity index (χ2v) is 6.06. The quantitative estimate of drug-likeness (QED) is 0.496. The third-order valence-electron chi connectivity index (χ3n) is 2.79. The van der Waals surface area contributed by atoms with Crippen LogP contribution < -0.4 is 15.8 Å². The lowest BCUT2D eigenvalue weighted by Gasteiger charge is -2.13. The van der Waals surface area contributed by atoms with Gasteiger partial charge in [-0.15, -0.1) is 0 Å². The number of halogens is 3. The number of ether oxygens (including phenoxy) is 1. The largest absolute Gasteiger partial charge is 0.491 e. The Bertz CT molecular complexity index is 650. The van der Waals surface area contributed by atoms with Gasteiger partial charge in [-0.2, -0.15) is 0 Å². The van der Waals surface area contributed by atoms with E-state index in [4.69, 9.17) is 33.7 Å². The van der Waals surface area contributed by atoms with Gasteiger partial charge in [0.15, 0.2) is 0 Å². The van der Waals surface area contributed by atoms with Gasteiger partial charge < -0.3 is 15.8 Å². The second-order valence-electron chi connectivity index (χ2n) is 4.45. The van der Waals surface area contributed by atoms with Gasteiger partial charge in [-0.05, 0) is 46.6 Å². The van der Waals surface area contributed by atoms with Crippen molar-refractivity contribution >= 4 is 56.2 Å².